The van der Waals surface area contributed by atoms with Crippen molar-refractivity contribution < 1.29 is 14.6 Å². The lowest BCUT2D eigenvalue weighted by atomic mass is 10.2. The second-order valence-corrected chi connectivity index (χ2v) is 5.26. The molecule has 0 aliphatic carbocycles. The SMILES string of the molecule is COCc1cccc(OCc2ccc(C#CCO)s2)c1. The van der Waals surface area contributed by atoms with E-state index in [0.717, 1.165) is 21.1 Å². The molecular weight excluding hydrogens is 272 g/mol. The monoisotopic (exact) mass is 288 g/mol. The summed E-state index contributed by atoms with van der Waals surface area (Å²) < 4.78 is 10.9. The molecule has 0 saturated carbocycles. The third-order valence-electron chi connectivity index (χ3n) is 2.54. The smallest absolute Gasteiger partial charge is 0.122 e. The molecule has 0 atom stereocenters. The molecule has 2 aromatic rings. The Kier molecular flexibility index (Phi) is 5.63. The summed E-state index contributed by atoms with van der Waals surface area (Å²) in [5, 5.41) is 8.65. The molecule has 104 valence electrons. The highest BCUT2D eigenvalue weighted by molar-refractivity contribution is 7.12. The molecule has 0 spiro atoms. The molecule has 1 heterocycles. The number of benzene rings is 1. The summed E-state index contributed by atoms with van der Waals surface area (Å²) >= 11 is 1.57. The van der Waals surface area contributed by atoms with E-state index in [2.05, 4.69) is 11.8 Å². The van der Waals surface area contributed by atoms with Gasteiger partial charge < -0.3 is 14.6 Å². The number of ether oxygens (including phenoxy) is 2. The zero-order valence-electron chi connectivity index (χ0n) is 11.3. The molecule has 0 amide bonds. The Balaban J connectivity index is 1.94. The first kappa shape index (κ1) is 14.6. The van der Waals surface area contributed by atoms with Crippen LogP contribution in [0.15, 0.2) is 36.4 Å². The molecule has 1 N–H and O–H groups in total. The van der Waals surface area contributed by atoms with Gasteiger partial charge in [-0.15, -0.1) is 11.3 Å². The van der Waals surface area contributed by atoms with Crippen molar-refractivity contribution in [1.29, 1.82) is 0 Å². The fourth-order valence-electron chi connectivity index (χ4n) is 1.70. The van der Waals surface area contributed by atoms with Crippen LogP contribution in [0.4, 0.5) is 0 Å². The van der Waals surface area contributed by atoms with E-state index in [-0.39, 0.29) is 6.61 Å². The van der Waals surface area contributed by atoms with Gasteiger partial charge in [0.05, 0.1) is 11.5 Å². The van der Waals surface area contributed by atoms with E-state index < -0.39 is 0 Å². The third kappa shape index (κ3) is 4.39. The van der Waals surface area contributed by atoms with Crippen LogP contribution >= 0.6 is 11.3 Å². The number of thiophene rings is 1. The standard InChI is InChI=1S/C16H16O3S/c1-18-11-13-4-2-5-14(10-13)19-12-16-8-7-15(20-16)6-3-9-17/h2,4-5,7-8,10,17H,9,11-12H2,1H3. The molecule has 4 heteroatoms. The first-order valence-electron chi connectivity index (χ1n) is 6.21. The second kappa shape index (κ2) is 7.71. The highest BCUT2D eigenvalue weighted by Crippen LogP contribution is 2.19. The molecule has 1 aromatic heterocycles. The van der Waals surface area contributed by atoms with E-state index in [1.165, 1.54) is 0 Å². The van der Waals surface area contributed by atoms with Crippen LogP contribution in [0.3, 0.4) is 0 Å². The van der Waals surface area contributed by atoms with Gasteiger partial charge in [0.25, 0.3) is 0 Å². The van der Waals surface area contributed by atoms with Crippen LogP contribution in [0.1, 0.15) is 15.3 Å². The Morgan fingerprint density at radius 2 is 2.10 bits per heavy atom. The van der Waals surface area contributed by atoms with Gasteiger partial charge in [0.1, 0.15) is 19.0 Å². The van der Waals surface area contributed by atoms with Gasteiger partial charge in [-0.3, -0.25) is 0 Å². The van der Waals surface area contributed by atoms with Crippen molar-refractivity contribution in [2.45, 2.75) is 13.2 Å². The Bertz CT molecular complexity index is 607. The molecule has 2 rings (SSSR count). The summed E-state index contributed by atoms with van der Waals surface area (Å²) in [4.78, 5) is 2.04. The van der Waals surface area contributed by atoms with Crippen LogP contribution in [0.25, 0.3) is 0 Å². The van der Waals surface area contributed by atoms with Crippen molar-refractivity contribution in [3.63, 3.8) is 0 Å². The second-order valence-electron chi connectivity index (χ2n) is 4.09. The molecule has 1 aromatic carbocycles. The maximum Gasteiger partial charge on any atom is 0.122 e. The summed E-state index contributed by atoms with van der Waals surface area (Å²) in [7, 11) is 1.67. The van der Waals surface area contributed by atoms with Crippen LogP contribution in [0.5, 0.6) is 5.75 Å². The molecule has 0 radical (unpaired) electrons. The average Bonchev–Trinajstić information content (AvgIpc) is 2.92. The average molecular weight is 288 g/mol. The highest BCUT2D eigenvalue weighted by Gasteiger charge is 2.01. The third-order valence-corrected chi connectivity index (χ3v) is 3.52. The number of hydrogen-bond acceptors (Lipinski definition) is 4. The van der Waals surface area contributed by atoms with Crippen molar-refractivity contribution in [1.82, 2.24) is 0 Å². The summed E-state index contributed by atoms with van der Waals surface area (Å²) in [5.74, 6) is 6.35. The van der Waals surface area contributed by atoms with Gasteiger partial charge in [0.2, 0.25) is 0 Å². The molecule has 20 heavy (non-hydrogen) atoms. The number of hydrogen-bond donors (Lipinski definition) is 1. The molecule has 0 bridgehead atoms. The number of aliphatic hydroxyl groups is 1. The van der Waals surface area contributed by atoms with Crippen molar-refractivity contribution in [2.24, 2.45) is 0 Å². The Morgan fingerprint density at radius 3 is 2.90 bits per heavy atom. The number of aliphatic hydroxyl groups excluding tert-OH is 1. The topological polar surface area (TPSA) is 38.7 Å². The van der Waals surface area contributed by atoms with E-state index in [9.17, 15) is 0 Å². The highest BCUT2D eigenvalue weighted by atomic mass is 32.1. The van der Waals surface area contributed by atoms with Crippen LogP contribution in [-0.4, -0.2) is 18.8 Å². The fraction of sp³-hybridized carbons (Fsp3) is 0.250. The molecule has 0 saturated heterocycles. The Morgan fingerprint density at radius 1 is 1.20 bits per heavy atom. The van der Waals surface area contributed by atoms with E-state index in [4.69, 9.17) is 14.6 Å². The largest absolute Gasteiger partial charge is 0.488 e. The lowest BCUT2D eigenvalue weighted by molar-refractivity contribution is 0.184. The van der Waals surface area contributed by atoms with Crippen molar-refractivity contribution in [2.75, 3.05) is 13.7 Å². The maximum absolute atomic E-state index is 8.65. The first-order valence-corrected chi connectivity index (χ1v) is 7.02. The van der Waals surface area contributed by atoms with Crippen LogP contribution in [-0.2, 0) is 18.0 Å². The molecule has 3 nitrogen and oxygen atoms in total. The summed E-state index contributed by atoms with van der Waals surface area (Å²) in [6.45, 7) is 0.981. The zero-order valence-corrected chi connectivity index (χ0v) is 12.1. The maximum atomic E-state index is 8.65. The van der Waals surface area contributed by atoms with Gasteiger partial charge >= 0.3 is 0 Å². The minimum atomic E-state index is -0.115. The molecule has 0 aliphatic rings. The summed E-state index contributed by atoms with van der Waals surface area (Å²) in [6.07, 6.45) is 0. The van der Waals surface area contributed by atoms with Gasteiger partial charge in [0.15, 0.2) is 0 Å². The van der Waals surface area contributed by atoms with Gasteiger partial charge in [-0.1, -0.05) is 24.0 Å². The molecule has 0 unspecified atom stereocenters. The first-order chi connectivity index (χ1) is 9.81. The minimum Gasteiger partial charge on any atom is -0.488 e. The van der Waals surface area contributed by atoms with Gasteiger partial charge in [-0.25, -0.2) is 0 Å². The minimum absolute atomic E-state index is 0.115. The Hall–Kier alpha value is -1.80. The van der Waals surface area contributed by atoms with E-state index >= 15 is 0 Å². The quantitative estimate of drug-likeness (QED) is 0.860. The number of methoxy groups -OCH3 is 1. The fourth-order valence-corrected chi connectivity index (χ4v) is 2.49. The zero-order chi connectivity index (χ0) is 14.2. The normalized spacial score (nSPS) is 9.90. The summed E-state index contributed by atoms with van der Waals surface area (Å²) in [5.41, 5.74) is 1.09. The van der Waals surface area contributed by atoms with Crippen LogP contribution in [0, 0.1) is 11.8 Å². The van der Waals surface area contributed by atoms with Crippen molar-refractivity contribution >= 4 is 11.3 Å². The van der Waals surface area contributed by atoms with Gasteiger partial charge in [-0.05, 0) is 29.8 Å². The summed E-state index contributed by atoms with van der Waals surface area (Å²) in [6, 6.07) is 11.8. The van der Waals surface area contributed by atoms with Crippen molar-refractivity contribution in [3.8, 4) is 17.6 Å². The lowest BCUT2D eigenvalue weighted by Gasteiger charge is -2.06. The van der Waals surface area contributed by atoms with E-state index in [1.54, 1.807) is 18.4 Å². The number of rotatable bonds is 5. The van der Waals surface area contributed by atoms with Crippen LogP contribution in [0.2, 0.25) is 0 Å². The predicted octanol–water partition coefficient (Wildman–Crippen LogP) is 2.82. The Labute approximate surface area is 122 Å². The van der Waals surface area contributed by atoms with Crippen LogP contribution < -0.4 is 4.74 Å². The molecular formula is C16H16O3S. The van der Waals surface area contributed by atoms with Gasteiger partial charge in [0, 0.05) is 12.0 Å². The van der Waals surface area contributed by atoms with Crippen molar-refractivity contribution in [3.05, 3.63) is 51.7 Å². The lowest BCUT2D eigenvalue weighted by Crippen LogP contribution is -1.94. The molecule has 0 fully saturated rings. The molecule has 0 aliphatic heterocycles. The van der Waals surface area contributed by atoms with E-state index in [1.807, 2.05) is 36.4 Å². The predicted molar refractivity (Wildman–Crippen MR) is 79.8 cm³/mol. The van der Waals surface area contributed by atoms with Gasteiger partial charge in [-0.2, -0.15) is 0 Å². The van der Waals surface area contributed by atoms with E-state index in [0.29, 0.717) is 13.2 Å².